The number of rotatable bonds is 6. The molecule has 48 heavy (non-hydrogen) atoms. The fourth-order valence-electron chi connectivity index (χ4n) is 7.95. The van der Waals surface area contributed by atoms with E-state index in [9.17, 15) is 0 Å². The smallest absolute Gasteiger partial charge is 0.0921 e. The Morgan fingerprint density at radius 1 is 0.750 bits per heavy atom. The van der Waals surface area contributed by atoms with Gasteiger partial charge in [0.05, 0.1) is 6.04 Å². The molecule has 0 radical (unpaired) electrons. The zero-order chi connectivity index (χ0) is 31.8. The summed E-state index contributed by atoms with van der Waals surface area (Å²) in [5, 5.41) is 8.07. The highest BCUT2D eigenvalue weighted by atomic mass is 32.1. The van der Waals surface area contributed by atoms with Crippen molar-refractivity contribution in [3.63, 3.8) is 0 Å². The van der Waals surface area contributed by atoms with E-state index in [0.29, 0.717) is 5.92 Å². The minimum absolute atomic E-state index is 0.214. The van der Waals surface area contributed by atoms with Crippen molar-refractivity contribution < 1.29 is 0 Å². The minimum Gasteiger partial charge on any atom is -0.318 e. The molecule has 2 unspecified atom stereocenters. The van der Waals surface area contributed by atoms with Crippen LogP contribution in [0.15, 0.2) is 142 Å². The lowest BCUT2D eigenvalue weighted by molar-refractivity contribution is 0.736. The summed E-state index contributed by atoms with van der Waals surface area (Å²) in [5.74, 6) is 0.357. The fourth-order valence-corrected chi connectivity index (χ4v) is 10.2. The number of thiophene rings is 2. The maximum absolute atomic E-state index is 4.86. The fraction of sp³-hybridized carbons (Fsp3) is 0.159. The molecule has 0 saturated carbocycles. The van der Waals surface area contributed by atoms with Crippen LogP contribution in [0.4, 0.5) is 5.69 Å². The molecule has 6 aromatic rings. The maximum atomic E-state index is 4.86. The number of fused-ring (bicyclic) bond motifs is 8. The molecule has 0 fully saturated rings. The number of aliphatic imine (C=N–C) groups is 1. The van der Waals surface area contributed by atoms with Gasteiger partial charge in [-0.25, -0.2) is 0 Å². The van der Waals surface area contributed by atoms with Gasteiger partial charge in [0.15, 0.2) is 0 Å². The highest BCUT2D eigenvalue weighted by Crippen LogP contribution is 2.42. The maximum Gasteiger partial charge on any atom is 0.0921 e. The summed E-state index contributed by atoms with van der Waals surface area (Å²) in [6.45, 7) is 2.04. The molecule has 2 nitrogen and oxygen atoms in total. The lowest BCUT2D eigenvalue weighted by Gasteiger charge is -2.35. The van der Waals surface area contributed by atoms with E-state index < -0.39 is 0 Å². The van der Waals surface area contributed by atoms with E-state index in [0.717, 1.165) is 25.7 Å². The third kappa shape index (κ3) is 4.69. The zero-order valence-electron chi connectivity index (χ0n) is 26.8. The van der Waals surface area contributed by atoms with E-state index in [1.54, 1.807) is 0 Å². The van der Waals surface area contributed by atoms with Gasteiger partial charge in [0.25, 0.3) is 0 Å². The number of hydrogen-bond acceptors (Lipinski definition) is 4. The lowest BCUT2D eigenvalue weighted by Crippen LogP contribution is -2.30. The van der Waals surface area contributed by atoms with Crippen LogP contribution in [0.3, 0.4) is 0 Å². The van der Waals surface area contributed by atoms with Crippen LogP contribution in [0.25, 0.3) is 53.2 Å². The molecule has 0 aliphatic heterocycles. The average molecular weight is 655 g/mol. The summed E-state index contributed by atoms with van der Waals surface area (Å²) in [6, 6.07) is 29.7. The lowest BCUT2D eigenvalue weighted by atomic mass is 9.85. The van der Waals surface area contributed by atoms with E-state index in [4.69, 9.17) is 4.99 Å². The first-order chi connectivity index (χ1) is 23.7. The summed E-state index contributed by atoms with van der Waals surface area (Å²) < 4.78 is 5.46. The SMILES string of the molecule is CC=NC(C1=CC1)C1=CC=C(N(C2=CC=C3C=c4sc5ccccc5c4=CC3C2)c2ccc3cc4sc5ccccc5c4cc3c2)CC1. The monoisotopic (exact) mass is 654 g/mol. The highest BCUT2D eigenvalue weighted by Gasteiger charge is 2.29. The molecule has 0 N–H and O–H groups in total. The first-order valence-electron chi connectivity index (χ1n) is 17.0. The van der Waals surface area contributed by atoms with Crippen molar-refractivity contribution in [3.05, 3.63) is 147 Å². The molecule has 4 heteroatoms. The van der Waals surface area contributed by atoms with Crippen molar-refractivity contribution in [1.82, 2.24) is 0 Å². The van der Waals surface area contributed by atoms with Crippen molar-refractivity contribution in [3.8, 4) is 0 Å². The van der Waals surface area contributed by atoms with Gasteiger partial charge < -0.3 is 4.90 Å². The largest absolute Gasteiger partial charge is 0.318 e. The number of allylic oxidation sites excluding steroid dienone is 8. The van der Waals surface area contributed by atoms with Crippen molar-refractivity contribution in [1.29, 1.82) is 0 Å². The van der Waals surface area contributed by atoms with Gasteiger partial charge in [0, 0.05) is 57.8 Å². The van der Waals surface area contributed by atoms with E-state index in [1.807, 2.05) is 35.8 Å². The molecule has 4 aliphatic carbocycles. The van der Waals surface area contributed by atoms with Crippen LogP contribution in [0.1, 0.15) is 32.6 Å². The molecular weight excluding hydrogens is 621 g/mol. The number of benzene rings is 4. The normalized spacial score (nSPS) is 19.2. The standard InChI is InChI=1S/C44H34N2S2/c1-2-45-44(27-11-12-27)28-13-17-33(18-14-28)46(34-19-15-29-25-42-38(23-31(29)21-34)36-7-3-5-9-40(36)47-42)35-20-16-30-26-43-39(24-32(30)22-35)37-8-4-6-10-41(37)48-43/h2-11,13,15-17,19-21,23-26,32,44H,12,14,18,22H2,1H3. The molecule has 0 bridgehead atoms. The van der Waals surface area contributed by atoms with Crippen molar-refractivity contribution in [2.75, 3.05) is 4.90 Å². The molecule has 10 rings (SSSR count). The highest BCUT2D eigenvalue weighted by molar-refractivity contribution is 7.25. The van der Waals surface area contributed by atoms with Gasteiger partial charge in [-0.3, -0.25) is 4.99 Å². The summed E-state index contributed by atoms with van der Waals surface area (Å²) in [4.78, 5) is 7.42. The van der Waals surface area contributed by atoms with Gasteiger partial charge in [-0.2, -0.15) is 0 Å². The molecule has 0 spiro atoms. The molecular formula is C44H34N2S2. The minimum atomic E-state index is 0.214. The Hall–Kier alpha value is -4.77. The summed E-state index contributed by atoms with van der Waals surface area (Å²) in [7, 11) is 0. The van der Waals surface area contributed by atoms with Crippen LogP contribution in [-0.4, -0.2) is 12.3 Å². The second-order valence-electron chi connectivity index (χ2n) is 13.3. The number of nitrogens with zero attached hydrogens (tertiary/aromatic N) is 2. The topological polar surface area (TPSA) is 15.6 Å². The first-order valence-corrected chi connectivity index (χ1v) is 18.7. The van der Waals surface area contributed by atoms with Gasteiger partial charge in [-0.05, 0) is 126 Å². The summed E-state index contributed by atoms with van der Waals surface area (Å²) >= 11 is 3.80. The molecule has 232 valence electrons. The molecule has 4 aromatic carbocycles. The quantitative estimate of drug-likeness (QED) is 0.129. The predicted molar refractivity (Wildman–Crippen MR) is 210 cm³/mol. The summed E-state index contributed by atoms with van der Waals surface area (Å²) in [5.41, 5.74) is 8.26. The Bertz CT molecular complexity index is 2650. The Morgan fingerprint density at radius 2 is 1.56 bits per heavy atom. The Morgan fingerprint density at radius 3 is 2.38 bits per heavy atom. The van der Waals surface area contributed by atoms with Crippen molar-refractivity contribution >= 4 is 87.8 Å². The Kier molecular flexibility index (Phi) is 6.57. The zero-order valence-corrected chi connectivity index (χ0v) is 28.5. The molecule has 2 aromatic heterocycles. The van der Waals surface area contributed by atoms with E-state index >= 15 is 0 Å². The molecule has 2 heterocycles. The summed E-state index contributed by atoms with van der Waals surface area (Å²) in [6.07, 6.45) is 22.9. The molecule has 0 amide bonds. The van der Waals surface area contributed by atoms with Crippen molar-refractivity contribution in [2.45, 2.75) is 38.6 Å². The van der Waals surface area contributed by atoms with E-state index in [1.165, 1.54) is 84.6 Å². The van der Waals surface area contributed by atoms with Crippen LogP contribution in [0.2, 0.25) is 0 Å². The number of hydrogen-bond donors (Lipinski definition) is 0. The van der Waals surface area contributed by atoms with Crippen molar-refractivity contribution in [2.24, 2.45) is 10.9 Å². The second kappa shape index (κ2) is 11.2. The molecule has 2 atom stereocenters. The second-order valence-corrected chi connectivity index (χ2v) is 15.5. The Balaban J connectivity index is 1.09. The van der Waals surface area contributed by atoms with Gasteiger partial charge in [0.1, 0.15) is 0 Å². The number of anilines is 1. The first kappa shape index (κ1) is 28.3. The predicted octanol–water partition coefficient (Wildman–Crippen LogP) is 10.7. The van der Waals surface area contributed by atoms with Gasteiger partial charge in [-0.1, -0.05) is 66.8 Å². The van der Waals surface area contributed by atoms with E-state index in [2.05, 4.69) is 126 Å². The van der Waals surface area contributed by atoms with Crippen LogP contribution < -0.4 is 14.7 Å². The van der Waals surface area contributed by atoms with Crippen LogP contribution in [0, 0.1) is 5.92 Å². The van der Waals surface area contributed by atoms with Gasteiger partial charge >= 0.3 is 0 Å². The third-order valence-electron chi connectivity index (χ3n) is 10.4. The van der Waals surface area contributed by atoms with Crippen LogP contribution in [0.5, 0.6) is 0 Å². The van der Waals surface area contributed by atoms with Crippen LogP contribution in [-0.2, 0) is 0 Å². The Labute approximate surface area is 288 Å². The van der Waals surface area contributed by atoms with Crippen LogP contribution >= 0.6 is 22.7 Å². The average Bonchev–Trinajstić information content (AvgIpc) is 3.81. The third-order valence-corrected chi connectivity index (χ3v) is 12.7. The van der Waals surface area contributed by atoms with E-state index in [-0.39, 0.29) is 6.04 Å². The molecule has 0 saturated heterocycles. The van der Waals surface area contributed by atoms with Gasteiger partial charge in [0.2, 0.25) is 0 Å². The molecule has 4 aliphatic rings. The van der Waals surface area contributed by atoms with Gasteiger partial charge in [-0.15, -0.1) is 22.7 Å².